The van der Waals surface area contributed by atoms with Gasteiger partial charge in [0.05, 0.1) is 5.69 Å². The van der Waals surface area contributed by atoms with E-state index in [0.717, 1.165) is 11.3 Å². The van der Waals surface area contributed by atoms with E-state index in [4.69, 9.17) is 0 Å². The van der Waals surface area contributed by atoms with Gasteiger partial charge in [-0.2, -0.15) is 0 Å². The van der Waals surface area contributed by atoms with Crippen molar-refractivity contribution in [2.45, 2.75) is 0 Å². The first-order valence-electron chi connectivity index (χ1n) is 5.44. The lowest BCUT2D eigenvalue weighted by molar-refractivity contribution is 1.10. The molecule has 0 saturated carbocycles. The molecule has 0 amide bonds. The van der Waals surface area contributed by atoms with Crippen molar-refractivity contribution in [3.8, 4) is 22.8 Å². The zero-order valence-corrected chi connectivity index (χ0v) is 9.43. The Morgan fingerprint density at radius 2 is 1.61 bits per heavy atom. The number of hydrogen-bond acceptors (Lipinski definition) is 5. The Morgan fingerprint density at radius 3 is 2.39 bits per heavy atom. The van der Waals surface area contributed by atoms with Gasteiger partial charge in [0.2, 0.25) is 0 Å². The minimum Gasteiger partial charge on any atom is -0.256 e. The van der Waals surface area contributed by atoms with Crippen LogP contribution in [0, 0.1) is 0 Å². The second kappa shape index (κ2) is 4.67. The third-order valence-electron chi connectivity index (χ3n) is 2.43. The fraction of sp³-hybridized carbons (Fsp3) is 0. The number of aromatic nitrogens is 5. The van der Waals surface area contributed by atoms with Crippen LogP contribution < -0.4 is 0 Å². The van der Waals surface area contributed by atoms with Gasteiger partial charge in [-0.15, -0.1) is 0 Å². The van der Waals surface area contributed by atoms with Gasteiger partial charge in [-0.25, -0.2) is 19.9 Å². The maximum Gasteiger partial charge on any atom is 0.178 e. The van der Waals surface area contributed by atoms with E-state index >= 15 is 0 Å². The van der Waals surface area contributed by atoms with Gasteiger partial charge in [-0.3, -0.25) is 4.98 Å². The van der Waals surface area contributed by atoms with Crippen molar-refractivity contribution < 1.29 is 0 Å². The molecule has 5 heteroatoms. The standard InChI is InChI=1S/C13H9N5/c1-2-5-15-11(4-1)10-8-14-9-18-12(10)13-16-6-3-7-17-13/h1-9H. The minimum absolute atomic E-state index is 0.570. The van der Waals surface area contributed by atoms with Gasteiger partial charge < -0.3 is 0 Å². The summed E-state index contributed by atoms with van der Waals surface area (Å²) in [4.78, 5) is 21.0. The van der Waals surface area contributed by atoms with Crippen LogP contribution in [0.5, 0.6) is 0 Å². The molecule has 86 valence electrons. The Hall–Kier alpha value is -2.69. The van der Waals surface area contributed by atoms with Crippen LogP contribution in [0.3, 0.4) is 0 Å². The molecule has 0 aliphatic carbocycles. The van der Waals surface area contributed by atoms with E-state index in [-0.39, 0.29) is 0 Å². The number of rotatable bonds is 2. The second-order valence-electron chi connectivity index (χ2n) is 3.57. The van der Waals surface area contributed by atoms with E-state index in [0.29, 0.717) is 11.5 Å². The number of nitrogens with zero attached hydrogens (tertiary/aromatic N) is 5. The van der Waals surface area contributed by atoms with Gasteiger partial charge >= 0.3 is 0 Å². The van der Waals surface area contributed by atoms with Crippen LogP contribution in [0.4, 0.5) is 0 Å². The zero-order chi connectivity index (χ0) is 12.2. The molecule has 0 unspecified atom stereocenters. The summed E-state index contributed by atoms with van der Waals surface area (Å²) in [5.74, 6) is 0.570. The first kappa shape index (κ1) is 10.5. The van der Waals surface area contributed by atoms with Crippen molar-refractivity contribution >= 4 is 0 Å². The van der Waals surface area contributed by atoms with Gasteiger partial charge in [0, 0.05) is 30.4 Å². The van der Waals surface area contributed by atoms with Crippen LogP contribution in [-0.4, -0.2) is 24.9 Å². The molecule has 0 bridgehead atoms. The molecular weight excluding hydrogens is 226 g/mol. The normalized spacial score (nSPS) is 10.2. The molecule has 0 aromatic carbocycles. The monoisotopic (exact) mass is 235 g/mol. The average molecular weight is 235 g/mol. The Balaban J connectivity index is 2.18. The highest BCUT2D eigenvalue weighted by Gasteiger charge is 2.11. The Bertz CT molecular complexity index is 581. The maximum atomic E-state index is 4.30. The van der Waals surface area contributed by atoms with Gasteiger partial charge in [0.1, 0.15) is 12.0 Å². The largest absolute Gasteiger partial charge is 0.256 e. The summed E-state index contributed by atoms with van der Waals surface area (Å²) in [6.45, 7) is 0. The Kier molecular flexibility index (Phi) is 2.71. The molecule has 0 aliphatic rings. The van der Waals surface area contributed by atoms with Gasteiger partial charge in [-0.1, -0.05) is 6.07 Å². The third kappa shape index (κ3) is 1.93. The van der Waals surface area contributed by atoms with Crippen molar-refractivity contribution in [2.75, 3.05) is 0 Å². The lowest BCUT2D eigenvalue weighted by Gasteiger charge is -2.05. The molecule has 0 fully saturated rings. The summed E-state index contributed by atoms with van der Waals surface area (Å²) in [7, 11) is 0. The van der Waals surface area contributed by atoms with Crippen molar-refractivity contribution in [1.29, 1.82) is 0 Å². The topological polar surface area (TPSA) is 64.5 Å². The van der Waals surface area contributed by atoms with Crippen molar-refractivity contribution in [3.05, 3.63) is 55.4 Å². The summed E-state index contributed by atoms with van der Waals surface area (Å²) in [6.07, 6.45) is 8.32. The minimum atomic E-state index is 0.570. The molecule has 5 nitrogen and oxygen atoms in total. The quantitative estimate of drug-likeness (QED) is 0.679. The Labute approximate surface area is 104 Å². The molecule has 0 atom stereocenters. The third-order valence-corrected chi connectivity index (χ3v) is 2.43. The van der Waals surface area contributed by atoms with Crippen molar-refractivity contribution in [1.82, 2.24) is 24.9 Å². The lowest BCUT2D eigenvalue weighted by Crippen LogP contribution is -1.95. The lowest BCUT2D eigenvalue weighted by atomic mass is 10.1. The van der Waals surface area contributed by atoms with Crippen LogP contribution in [0.2, 0.25) is 0 Å². The van der Waals surface area contributed by atoms with Crippen LogP contribution in [0.15, 0.2) is 55.4 Å². The van der Waals surface area contributed by atoms with Gasteiger partial charge in [-0.05, 0) is 18.2 Å². The highest BCUT2D eigenvalue weighted by atomic mass is 14.9. The van der Waals surface area contributed by atoms with Crippen LogP contribution in [-0.2, 0) is 0 Å². The molecule has 0 radical (unpaired) electrons. The summed E-state index contributed by atoms with van der Waals surface area (Å²) < 4.78 is 0. The second-order valence-corrected chi connectivity index (χ2v) is 3.57. The van der Waals surface area contributed by atoms with E-state index in [1.807, 2.05) is 18.2 Å². The van der Waals surface area contributed by atoms with Crippen molar-refractivity contribution in [2.24, 2.45) is 0 Å². The molecule has 0 N–H and O–H groups in total. The molecular formula is C13H9N5. The molecule has 3 aromatic heterocycles. The SMILES string of the molecule is c1ccc(-c2cncnc2-c2ncccn2)nc1. The highest BCUT2D eigenvalue weighted by Crippen LogP contribution is 2.24. The Morgan fingerprint density at radius 1 is 0.778 bits per heavy atom. The van der Waals surface area contributed by atoms with Crippen LogP contribution >= 0.6 is 0 Å². The first-order valence-corrected chi connectivity index (χ1v) is 5.44. The maximum absolute atomic E-state index is 4.30. The molecule has 3 aromatic rings. The molecule has 0 saturated heterocycles. The summed E-state index contributed by atoms with van der Waals surface area (Å²) in [6, 6.07) is 7.47. The smallest absolute Gasteiger partial charge is 0.178 e. The fourth-order valence-corrected chi connectivity index (χ4v) is 1.64. The van der Waals surface area contributed by atoms with E-state index in [1.165, 1.54) is 6.33 Å². The van der Waals surface area contributed by atoms with Crippen LogP contribution in [0.1, 0.15) is 0 Å². The van der Waals surface area contributed by atoms with Gasteiger partial charge in [0.25, 0.3) is 0 Å². The fourth-order valence-electron chi connectivity index (χ4n) is 1.64. The molecule has 18 heavy (non-hydrogen) atoms. The first-order chi connectivity index (χ1) is 8.95. The highest BCUT2D eigenvalue weighted by molar-refractivity contribution is 5.74. The van der Waals surface area contributed by atoms with E-state index in [1.54, 1.807) is 30.9 Å². The van der Waals surface area contributed by atoms with E-state index in [2.05, 4.69) is 24.9 Å². The average Bonchev–Trinajstić information content (AvgIpc) is 2.49. The number of pyridine rings is 1. The van der Waals surface area contributed by atoms with Crippen LogP contribution in [0.25, 0.3) is 22.8 Å². The van der Waals surface area contributed by atoms with E-state index in [9.17, 15) is 0 Å². The van der Waals surface area contributed by atoms with Gasteiger partial charge in [0.15, 0.2) is 5.82 Å². The van der Waals surface area contributed by atoms with Crippen molar-refractivity contribution in [3.63, 3.8) is 0 Å². The number of hydrogen-bond donors (Lipinski definition) is 0. The predicted octanol–water partition coefficient (Wildman–Crippen LogP) is 2.00. The van der Waals surface area contributed by atoms with E-state index < -0.39 is 0 Å². The molecule has 0 aliphatic heterocycles. The molecule has 3 rings (SSSR count). The summed E-state index contributed by atoms with van der Waals surface area (Å²) in [5.41, 5.74) is 2.31. The molecule has 0 spiro atoms. The molecule has 3 heterocycles. The zero-order valence-electron chi connectivity index (χ0n) is 9.43. The summed E-state index contributed by atoms with van der Waals surface area (Å²) in [5, 5.41) is 0. The summed E-state index contributed by atoms with van der Waals surface area (Å²) >= 11 is 0. The predicted molar refractivity (Wildman–Crippen MR) is 66.3 cm³/mol.